The van der Waals surface area contributed by atoms with Crippen molar-refractivity contribution in [3.8, 4) is 0 Å². The molecular formula is C14H10N. The van der Waals surface area contributed by atoms with Crippen LogP contribution in [0, 0.1) is 6.07 Å². The van der Waals surface area contributed by atoms with Gasteiger partial charge in [0.15, 0.2) is 0 Å². The molecule has 3 rings (SSSR count). The Morgan fingerprint density at radius 2 is 1.73 bits per heavy atom. The minimum Gasteiger partial charge on any atom is -0.398 e. The molecule has 3 aromatic rings. The summed E-state index contributed by atoms with van der Waals surface area (Å²) in [5.74, 6) is 0. The Kier molecular flexibility index (Phi) is 1.65. The van der Waals surface area contributed by atoms with E-state index in [1.165, 1.54) is 10.8 Å². The van der Waals surface area contributed by atoms with Gasteiger partial charge < -0.3 is 5.73 Å². The average Bonchev–Trinajstić information content (AvgIpc) is 2.30. The Bertz CT molecular complexity index is 587. The second kappa shape index (κ2) is 2.99. The minimum atomic E-state index is 0.847. The summed E-state index contributed by atoms with van der Waals surface area (Å²) in [5, 5.41) is 4.56. The third kappa shape index (κ3) is 1.17. The number of nitrogen functional groups attached to an aromatic ring is 1. The van der Waals surface area contributed by atoms with Gasteiger partial charge in [-0.3, -0.25) is 0 Å². The summed E-state index contributed by atoms with van der Waals surface area (Å²) in [6.45, 7) is 0. The molecule has 3 aromatic carbocycles. The van der Waals surface area contributed by atoms with Gasteiger partial charge in [-0.05, 0) is 29.0 Å². The van der Waals surface area contributed by atoms with Crippen molar-refractivity contribution in [3.63, 3.8) is 0 Å². The van der Waals surface area contributed by atoms with E-state index >= 15 is 0 Å². The molecule has 0 saturated carbocycles. The van der Waals surface area contributed by atoms with Gasteiger partial charge >= 0.3 is 0 Å². The van der Waals surface area contributed by atoms with Gasteiger partial charge in [0.2, 0.25) is 0 Å². The Morgan fingerprint density at radius 1 is 0.933 bits per heavy atom. The van der Waals surface area contributed by atoms with Crippen molar-refractivity contribution in [1.29, 1.82) is 0 Å². The molecule has 71 valence electrons. The van der Waals surface area contributed by atoms with Crippen molar-refractivity contribution in [3.05, 3.63) is 54.6 Å². The molecule has 0 heterocycles. The van der Waals surface area contributed by atoms with Crippen LogP contribution in [-0.2, 0) is 0 Å². The van der Waals surface area contributed by atoms with E-state index in [2.05, 4.69) is 24.3 Å². The fourth-order valence-corrected chi connectivity index (χ4v) is 1.98. The number of hydrogen-bond donors (Lipinski definition) is 1. The Hall–Kier alpha value is -2.02. The van der Waals surface area contributed by atoms with Crippen LogP contribution in [0.3, 0.4) is 0 Å². The van der Waals surface area contributed by atoms with Gasteiger partial charge in [-0.2, -0.15) is 0 Å². The van der Waals surface area contributed by atoms with Crippen LogP contribution in [0.1, 0.15) is 0 Å². The summed E-state index contributed by atoms with van der Waals surface area (Å²) < 4.78 is 0. The summed E-state index contributed by atoms with van der Waals surface area (Å²) >= 11 is 0. The lowest BCUT2D eigenvalue weighted by Crippen LogP contribution is -1.89. The van der Waals surface area contributed by atoms with Crippen molar-refractivity contribution < 1.29 is 0 Å². The zero-order valence-electron chi connectivity index (χ0n) is 8.20. The van der Waals surface area contributed by atoms with Crippen LogP contribution in [0.2, 0.25) is 0 Å². The molecule has 0 atom stereocenters. The maximum absolute atomic E-state index is 6.13. The normalized spacial score (nSPS) is 10.9. The first-order valence-electron chi connectivity index (χ1n) is 4.93. The number of hydrogen-bond acceptors (Lipinski definition) is 1. The summed E-state index contributed by atoms with van der Waals surface area (Å²) in [6.07, 6.45) is 0. The Morgan fingerprint density at radius 3 is 2.67 bits per heavy atom. The highest BCUT2D eigenvalue weighted by Gasteiger charge is 2.02. The highest BCUT2D eigenvalue weighted by Crippen LogP contribution is 2.29. The number of anilines is 1. The monoisotopic (exact) mass is 192 g/mol. The maximum Gasteiger partial charge on any atom is 0.0473 e. The van der Waals surface area contributed by atoms with Crippen molar-refractivity contribution in [2.45, 2.75) is 0 Å². The van der Waals surface area contributed by atoms with E-state index in [1.54, 1.807) is 0 Å². The van der Waals surface area contributed by atoms with Gasteiger partial charge in [0.25, 0.3) is 0 Å². The topological polar surface area (TPSA) is 26.0 Å². The highest BCUT2D eigenvalue weighted by atomic mass is 14.6. The summed E-state index contributed by atoms with van der Waals surface area (Å²) in [5.41, 5.74) is 6.98. The third-order valence-electron chi connectivity index (χ3n) is 2.75. The molecule has 0 unspecified atom stereocenters. The molecule has 0 aromatic heterocycles. The minimum absolute atomic E-state index is 0.847. The predicted molar refractivity (Wildman–Crippen MR) is 64.7 cm³/mol. The smallest absolute Gasteiger partial charge is 0.0473 e. The van der Waals surface area contributed by atoms with E-state index in [-0.39, 0.29) is 0 Å². The molecule has 15 heavy (non-hydrogen) atoms. The molecule has 0 aliphatic carbocycles. The molecule has 1 nitrogen and oxygen atoms in total. The molecule has 1 heteroatoms. The summed E-state index contributed by atoms with van der Waals surface area (Å²) in [7, 11) is 0. The van der Waals surface area contributed by atoms with Crippen LogP contribution >= 0.6 is 0 Å². The summed E-state index contributed by atoms with van der Waals surface area (Å²) in [4.78, 5) is 0. The second-order valence-corrected chi connectivity index (χ2v) is 3.66. The number of nitrogens with two attached hydrogens (primary N) is 1. The van der Waals surface area contributed by atoms with E-state index in [9.17, 15) is 0 Å². The molecule has 0 aliphatic heterocycles. The second-order valence-electron chi connectivity index (χ2n) is 3.66. The SMILES string of the molecule is Nc1c2c[c]ccc2cc2ccccc12. The van der Waals surface area contributed by atoms with E-state index in [1.807, 2.05) is 30.3 Å². The molecule has 0 saturated heterocycles. The van der Waals surface area contributed by atoms with Gasteiger partial charge in [-0.1, -0.05) is 36.4 Å². The van der Waals surface area contributed by atoms with Crippen molar-refractivity contribution in [1.82, 2.24) is 0 Å². The molecular weight excluding hydrogens is 182 g/mol. The lowest BCUT2D eigenvalue weighted by Gasteiger charge is -2.06. The zero-order chi connectivity index (χ0) is 10.3. The van der Waals surface area contributed by atoms with Crippen molar-refractivity contribution >= 4 is 27.2 Å². The average molecular weight is 192 g/mol. The lowest BCUT2D eigenvalue weighted by molar-refractivity contribution is 1.74. The van der Waals surface area contributed by atoms with E-state index < -0.39 is 0 Å². The number of benzene rings is 3. The van der Waals surface area contributed by atoms with E-state index in [0.29, 0.717) is 0 Å². The van der Waals surface area contributed by atoms with Crippen molar-refractivity contribution in [2.75, 3.05) is 5.73 Å². The number of fused-ring (bicyclic) bond motifs is 2. The quantitative estimate of drug-likeness (QED) is 0.429. The van der Waals surface area contributed by atoms with E-state index in [0.717, 1.165) is 16.5 Å². The fourth-order valence-electron chi connectivity index (χ4n) is 1.98. The van der Waals surface area contributed by atoms with Crippen molar-refractivity contribution in [2.24, 2.45) is 0 Å². The molecule has 0 bridgehead atoms. The molecule has 2 N–H and O–H groups in total. The highest BCUT2D eigenvalue weighted by molar-refractivity contribution is 6.09. The van der Waals surface area contributed by atoms with Crippen LogP contribution < -0.4 is 5.73 Å². The third-order valence-corrected chi connectivity index (χ3v) is 2.75. The predicted octanol–water partition coefficient (Wildman–Crippen LogP) is 3.38. The standard InChI is InChI=1S/C14H10N/c15-14-12-7-3-1-5-10(12)9-11-6-2-4-8-13(11)14/h1-3,5-9H,15H2. The molecule has 0 aliphatic rings. The summed E-state index contributed by atoms with van der Waals surface area (Å²) in [6, 6.07) is 19.3. The van der Waals surface area contributed by atoms with Crippen LogP contribution in [0.15, 0.2) is 48.5 Å². The first-order valence-corrected chi connectivity index (χ1v) is 4.93. The molecule has 0 spiro atoms. The maximum atomic E-state index is 6.13. The van der Waals surface area contributed by atoms with Crippen LogP contribution in [-0.4, -0.2) is 0 Å². The fraction of sp³-hybridized carbons (Fsp3) is 0. The lowest BCUT2D eigenvalue weighted by atomic mass is 10.0. The van der Waals surface area contributed by atoms with Crippen LogP contribution in [0.4, 0.5) is 5.69 Å². The van der Waals surface area contributed by atoms with Crippen LogP contribution in [0.5, 0.6) is 0 Å². The van der Waals surface area contributed by atoms with Gasteiger partial charge in [-0.25, -0.2) is 0 Å². The molecule has 0 fully saturated rings. The van der Waals surface area contributed by atoms with Gasteiger partial charge in [0, 0.05) is 16.5 Å². The van der Waals surface area contributed by atoms with E-state index in [4.69, 9.17) is 5.73 Å². The Labute approximate surface area is 88.1 Å². The largest absolute Gasteiger partial charge is 0.398 e. The zero-order valence-corrected chi connectivity index (χ0v) is 8.20. The Balaban J connectivity index is 2.60. The first-order chi connectivity index (χ1) is 7.36. The molecule has 1 radical (unpaired) electrons. The van der Waals surface area contributed by atoms with Gasteiger partial charge in [0.05, 0.1) is 0 Å². The van der Waals surface area contributed by atoms with Gasteiger partial charge in [0.1, 0.15) is 0 Å². The van der Waals surface area contributed by atoms with Gasteiger partial charge in [-0.15, -0.1) is 0 Å². The first kappa shape index (κ1) is 8.30. The molecule has 0 amide bonds. The van der Waals surface area contributed by atoms with Crippen LogP contribution in [0.25, 0.3) is 21.5 Å². The number of rotatable bonds is 0.